The molecular weight excluding hydrogens is 205 g/mol. The number of halogens is 1. The van der Waals surface area contributed by atoms with E-state index in [1.807, 2.05) is 6.92 Å². The number of hydrogen-bond acceptors (Lipinski definition) is 1. The van der Waals surface area contributed by atoms with Crippen LogP contribution in [0.4, 0.5) is 10.1 Å². The SMILES string of the molecule is Cc1ccc(F)c(NC(=O)C2CCCC2)c1. The van der Waals surface area contributed by atoms with E-state index in [0.717, 1.165) is 31.2 Å². The molecule has 1 aliphatic rings. The highest BCUT2D eigenvalue weighted by molar-refractivity contribution is 5.92. The molecule has 0 aliphatic heterocycles. The first kappa shape index (κ1) is 11.1. The molecule has 3 heteroatoms. The molecule has 1 amide bonds. The molecule has 0 bridgehead atoms. The summed E-state index contributed by atoms with van der Waals surface area (Å²) in [6.07, 6.45) is 4.07. The van der Waals surface area contributed by atoms with Crippen LogP contribution in [0.1, 0.15) is 31.2 Å². The van der Waals surface area contributed by atoms with Gasteiger partial charge in [0.1, 0.15) is 5.82 Å². The number of hydrogen-bond donors (Lipinski definition) is 1. The van der Waals surface area contributed by atoms with Crippen molar-refractivity contribution in [2.45, 2.75) is 32.6 Å². The van der Waals surface area contributed by atoms with Crippen molar-refractivity contribution in [3.63, 3.8) is 0 Å². The maximum atomic E-state index is 13.4. The van der Waals surface area contributed by atoms with Gasteiger partial charge in [0.2, 0.25) is 5.91 Å². The minimum Gasteiger partial charge on any atom is -0.323 e. The second kappa shape index (κ2) is 4.64. The van der Waals surface area contributed by atoms with Gasteiger partial charge >= 0.3 is 0 Å². The Hall–Kier alpha value is -1.38. The van der Waals surface area contributed by atoms with Gasteiger partial charge in [0.05, 0.1) is 5.69 Å². The number of amides is 1. The number of carbonyl (C=O) groups excluding carboxylic acids is 1. The van der Waals surface area contributed by atoms with Gasteiger partial charge in [-0.3, -0.25) is 4.79 Å². The summed E-state index contributed by atoms with van der Waals surface area (Å²) in [6.45, 7) is 1.88. The summed E-state index contributed by atoms with van der Waals surface area (Å²) in [5, 5.41) is 2.68. The molecule has 0 saturated heterocycles. The van der Waals surface area contributed by atoms with Crippen molar-refractivity contribution in [2.75, 3.05) is 5.32 Å². The molecular formula is C13H16FNO. The zero-order valence-electron chi connectivity index (χ0n) is 9.42. The lowest BCUT2D eigenvalue weighted by Crippen LogP contribution is -2.20. The Kier molecular flexibility index (Phi) is 3.22. The molecule has 86 valence electrons. The van der Waals surface area contributed by atoms with Crippen LogP contribution >= 0.6 is 0 Å². The fourth-order valence-electron chi connectivity index (χ4n) is 2.16. The Morgan fingerprint density at radius 1 is 1.38 bits per heavy atom. The fraction of sp³-hybridized carbons (Fsp3) is 0.462. The van der Waals surface area contributed by atoms with Gasteiger partial charge in [-0.05, 0) is 37.5 Å². The second-order valence-corrected chi connectivity index (χ2v) is 4.45. The molecule has 0 atom stereocenters. The summed E-state index contributed by atoms with van der Waals surface area (Å²) in [5.41, 5.74) is 1.25. The van der Waals surface area contributed by atoms with Crippen molar-refractivity contribution in [3.8, 4) is 0 Å². The van der Waals surface area contributed by atoms with E-state index in [4.69, 9.17) is 0 Å². The molecule has 0 unspecified atom stereocenters. The van der Waals surface area contributed by atoms with Crippen LogP contribution in [0.15, 0.2) is 18.2 Å². The summed E-state index contributed by atoms with van der Waals surface area (Å²) in [6, 6.07) is 4.75. The maximum absolute atomic E-state index is 13.4. The third-order valence-corrected chi connectivity index (χ3v) is 3.11. The van der Waals surface area contributed by atoms with Crippen molar-refractivity contribution in [3.05, 3.63) is 29.6 Å². The van der Waals surface area contributed by atoms with E-state index in [2.05, 4.69) is 5.32 Å². The molecule has 1 aromatic rings. The van der Waals surface area contributed by atoms with Crippen LogP contribution in [0, 0.1) is 18.7 Å². The summed E-state index contributed by atoms with van der Waals surface area (Å²) in [5.74, 6) is -0.334. The van der Waals surface area contributed by atoms with E-state index in [1.54, 1.807) is 12.1 Å². The molecule has 1 saturated carbocycles. The first-order valence-corrected chi connectivity index (χ1v) is 5.74. The molecule has 2 rings (SSSR count). The summed E-state index contributed by atoms with van der Waals surface area (Å²) < 4.78 is 13.4. The summed E-state index contributed by atoms with van der Waals surface area (Å²) in [7, 11) is 0. The zero-order chi connectivity index (χ0) is 11.5. The first-order chi connectivity index (χ1) is 7.66. The lowest BCUT2D eigenvalue weighted by atomic mass is 10.1. The lowest BCUT2D eigenvalue weighted by molar-refractivity contribution is -0.119. The Bertz CT molecular complexity index is 397. The topological polar surface area (TPSA) is 29.1 Å². The molecule has 0 spiro atoms. The van der Waals surface area contributed by atoms with E-state index in [-0.39, 0.29) is 17.6 Å². The molecule has 1 aliphatic carbocycles. The van der Waals surface area contributed by atoms with Crippen molar-refractivity contribution in [1.29, 1.82) is 0 Å². The zero-order valence-corrected chi connectivity index (χ0v) is 9.42. The van der Waals surface area contributed by atoms with Crippen LogP contribution in [0.5, 0.6) is 0 Å². The Balaban J connectivity index is 2.07. The van der Waals surface area contributed by atoms with Crippen LogP contribution < -0.4 is 5.32 Å². The third-order valence-electron chi connectivity index (χ3n) is 3.11. The second-order valence-electron chi connectivity index (χ2n) is 4.45. The average molecular weight is 221 g/mol. The number of nitrogens with one attached hydrogen (secondary N) is 1. The van der Waals surface area contributed by atoms with E-state index in [0.29, 0.717) is 5.69 Å². The van der Waals surface area contributed by atoms with E-state index < -0.39 is 0 Å². The quantitative estimate of drug-likeness (QED) is 0.816. The summed E-state index contributed by atoms with van der Waals surface area (Å²) >= 11 is 0. The molecule has 16 heavy (non-hydrogen) atoms. The number of rotatable bonds is 2. The van der Waals surface area contributed by atoms with Gasteiger partial charge in [0.15, 0.2) is 0 Å². The number of anilines is 1. The third kappa shape index (κ3) is 2.40. The van der Waals surface area contributed by atoms with Crippen molar-refractivity contribution >= 4 is 11.6 Å². The molecule has 1 fully saturated rings. The van der Waals surface area contributed by atoms with Crippen LogP contribution in [-0.2, 0) is 4.79 Å². The van der Waals surface area contributed by atoms with Gasteiger partial charge in [-0.1, -0.05) is 18.9 Å². The van der Waals surface area contributed by atoms with Crippen LogP contribution in [0.25, 0.3) is 0 Å². The first-order valence-electron chi connectivity index (χ1n) is 5.74. The lowest BCUT2D eigenvalue weighted by Gasteiger charge is -2.11. The van der Waals surface area contributed by atoms with E-state index in [9.17, 15) is 9.18 Å². The standard InChI is InChI=1S/C13H16FNO/c1-9-6-7-11(14)12(8-9)15-13(16)10-4-2-3-5-10/h6-8,10H,2-5H2,1H3,(H,15,16). The largest absolute Gasteiger partial charge is 0.323 e. The normalized spacial score (nSPS) is 16.4. The van der Waals surface area contributed by atoms with E-state index >= 15 is 0 Å². The molecule has 1 aromatic carbocycles. The van der Waals surface area contributed by atoms with Gasteiger partial charge in [-0.2, -0.15) is 0 Å². The van der Waals surface area contributed by atoms with E-state index in [1.165, 1.54) is 6.07 Å². The Labute approximate surface area is 94.9 Å². The summed E-state index contributed by atoms with van der Waals surface area (Å²) in [4.78, 5) is 11.8. The Morgan fingerprint density at radius 2 is 2.06 bits per heavy atom. The highest BCUT2D eigenvalue weighted by Crippen LogP contribution is 2.26. The van der Waals surface area contributed by atoms with Crippen molar-refractivity contribution in [2.24, 2.45) is 5.92 Å². The van der Waals surface area contributed by atoms with Crippen molar-refractivity contribution < 1.29 is 9.18 Å². The number of carbonyl (C=O) groups is 1. The molecule has 0 heterocycles. The molecule has 0 radical (unpaired) electrons. The number of aryl methyl sites for hydroxylation is 1. The predicted molar refractivity (Wildman–Crippen MR) is 61.7 cm³/mol. The Morgan fingerprint density at radius 3 is 2.75 bits per heavy atom. The maximum Gasteiger partial charge on any atom is 0.227 e. The fourth-order valence-corrected chi connectivity index (χ4v) is 2.16. The van der Waals surface area contributed by atoms with Crippen LogP contribution in [-0.4, -0.2) is 5.91 Å². The highest BCUT2D eigenvalue weighted by atomic mass is 19.1. The van der Waals surface area contributed by atoms with Crippen LogP contribution in [0.2, 0.25) is 0 Å². The molecule has 1 N–H and O–H groups in total. The van der Waals surface area contributed by atoms with Gasteiger partial charge in [0.25, 0.3) is 0 Å². The minimum atomic E-state index is -0.364. The van der Waals surface area contributed by atoms with Gasteiger partial charge in [-0.15, -0.1) is 0 Å². The van der Waals surface area contributed by atoms with Crippen LogP contribution in [0.3, 0.4) is 0 Å². The predicted octanol–water partition coefficient (Wildman–Crippen LogP) is 3.26. The molecule has 2 nitrogen and oxygen atoms in total. The monoisotopic (exact) mass is 221 g/mol. The van der Waals surface area contributed by atoms with Crippen molar-refractivity contribution in [1.82, 2.24) is 0 Å². The highest BCUT2D eigenvalue weighted by Gasteiger charge is 2.23. The minimum absolute atomic E-state index is 0.0398. The average Bonchev–Trinajstić information content (AvgIpc) is 2.76. The number of benzene rings is 1. The van der Waals surface area contributed by atoms with Gasteiger partial charge < -0.3 is 5.32 Å². The smallest absolute Gasteiger partial charge is 0.227 e. The molecule has 0 aromatic heterocycles. The van der Waals surface area contributed by atoms with Gasteiger partial charge in [0, 0.05) is 5.92 Å². The van der Waals surface area contributed by atoms with Gasteiger partial charge in [-0.25, -0.2) is 4.39 Å².